The summed E-state index contributed by atoms with van der Waals surface area (Å²) in [4.78, 5) is 25.6. The van der Waals surface area contributed by atoms with E-state index in [1.165, 1.54) is 24.3 Å². The lowest BCUT2D eigenvalue weighted by Crippen LogP contribution is -2.37. The van der Waals surface area contributed by atoms with E-state index < -0.39 is 0 Å². The van der Waals surface area contributed by atoms with Crippen LogP contribution in [-0.2, 0) is 16.1 Å². The molecule has 1 heterocycles. The van der Waals surface area contributed by atoms with Gasteiger partial charge in [-0.2, -0.15) is 0 Å². The second-order valence-electron chi connectivity index (χ2n) is 6.27. The van der Waals surface area contributed by atoms with Crippen LogP contribution in [0.15, 0.2) is 41.0 Å². The summed E-state index contributed by atoms with van der Waals surface area (Å²) in [6.45, 7) is 2.72. The van der Waals surface area contributed by atoms with Gasteiger partial charge in [0, 0.05) is 13.1 Å². The van der Waals surface area contributed by atoms with Crippen molar-refractivity contribution in [3.8, 4) is 11.5 Å². The first kappa shape index (κ1) is 22.4. The third kappa shape index (κ3) is 6.87. The topological polar surface area (TPSA) is 81.0 Å². The van der Waals surface area contributed by atoms with E-state index in [9.17, 15) is 9.59 Å². The fraction of sp³-hybridized carbons (Fsp3) is 0.333. The summed E-state index contributed by atoms with van der Waals surface area (Å²) in [5.74, 6) is 1.00. The van der Waals surface area contributed by atoms with Gasteiger partial charge in [0.15, 0.2) is 11.5 Å². The van der Waals surface area contributed by atoms with Crippen LogP contribution in [0.2, 0.25) is 5.02 Å². The van der Waals surface area contributed by atoms with Crippen LogP contribution in [-0.4, -0.2) is 44.0 Å². The number of nitrogens with zero attached hydrogens (tertiary/aromatic N) is 1. The Bertz CT molecular complexity index is 849. The summed E-state index contributed by atoms with van der Waals surface area (Å²) < 4.78 is 16.1. The van der Waals surface area contributed by atoms with Crippen molar-refractivity contribution < 1.29 is 23.5 Å². The van der Waals surface area contributed by atoms with Gasteiger partial charge in [-0.25, -0.2) is 0 Å². The minimum absolute atomic E-state index is 0.0717. The summed E-state index contributed by atoms with van der Waals surface area (Å²) in [7, 11) is 3.08. The van der Waals surface area contributed by atoms with E-state index in [-0.39, 0.29) is 24.9 Å². The number of hydrogen-bond donors (Lipinski definition) is 1. The molecule has 0 spiro atoms. The summed E-state index contributed by atoms with van der Waals surface area (Å²) in [6, 6.07) is 6.92. The van der Waals surface area contributed by atoms with Gasteiger partial charge in [-0.1, -0.05) is 18.5 Å². The molecule has 0 aliphatic heterocycles. The van der Waals surface area contributed by atoms with Gasteiger partial charge in [-0.05, 0) is 42.3 Å². The number of rotatable bonds is 10. The third-order valence-corrected chi connectivity index (χ3v) is 4.20. The number of benzene rings is 1. The molecular formula is C21H25ClN2O5. The van der Waals surface area contributed by atoms with Crippen LogP contribution in [0.1, 0.15) is 24.7 Å². The molecule has 29 heavy (non-hydrogen) atoms. The van der Waals surface area contributed by atoms with Crippen molar-refractivity contribution >= 4 is 29.5 Å². The quantitative estimate of drug-likeness (QED) is 0.595. The number of furan rings is 1. The fourth-order valence-corrected chi connectivity index (χ4v) is 2.70. The number of nitrogens with one attached hydrogen (secondary N) is 1. The zero-order valence-electron chi connectivity index (χ0n) is 16.7. The summed E-state index contributed by atoms with van der Waals surface area (Å²) in [5.41, 5.74) is 0.680. The molecule has 7 nitrogen and oxygen atoms in total. The molecule has 0 radical (unpaired) electrons. The lowest BCUT2D eigenvalue weighted by atomic mass is 10.2. The molecule has 1 aromatic carbocycles. The highest BCUT2D eigenvalue weighted by molar-refractivity contribution is 6.32. The minimum atomic E-state index is -0.320. The molecule has 0 unspecified atom stereocenters. The Morgan fingerprint density at radius 3 is 2.79 bits per heavy atom. The number of carbonyl (C=O) groups is 2. The average molecular weight is 421 g/mol. The smallest absolute Gasteiger partial charge is 0.246 e. The second kappa shape index (κ2) is 11.2. The number of ether oxygens (including phenoxy) is 2. The molecule has 0 bridgehead atoms. The molecule has 0 fully saturated rings. The van der Waals surface area contributed by atoms with Crippen molar-refractivity contribution in [3.63, 3.8) is 0 Å². The molecule has 2 amide bonds. The fourth-order valence-electron chi connectivity index (χ4n) is 2.42. The highest BCUT2D eigenvalue weighted by Gasteiger charge is 2.13. The normalized spacial score (nSPS) is 10.8. The van der Waals surface area contributed by atoms with Gasteiger partial charge in [-0.15, -0.1) is 0 Å². The maximum Gasteiger partial charge on any atom is 0.246 e. The van der Waals surface area contributed by atoms with E-state index in [2.05, 4.69) is 5.32 Å². The lowest BCUT2D eigenvalue weighted by molar-refractivity contribution is -0.131. The molecule has 0 saturated heterocycles. The van der Waals surface area contributed by atoms with Gasteiger partial charge >= 0.3 is 0 Å². The van der Waals surface area contributed by atoms with Crippen molar-refractivity contribution in [2.45, 2.75) is 19.9 Å². The van der Waals surface area contributed by atoms with Gasteiger partial charge in [0.05, 0.1) is 38.1 Å². The van der Waals surface area contributed by atoms with E-state index in [1.807, 2.05) is 6.92 Å². The van der Waals surface area contributed by atoms with Crippen molar-refractivity contribution in [1.29, 1.82) is 0 Å². The zero-order valence-corrected chi connectivity index (χ0v) is 17.5. The van der Waals surface area contributed by atoms with Gasteiger partial charge in [-0.3, -0.25) is 9.59 Å². The monoisotopic (exact) mass is 420 g/mol. The highest BCUT2D eigenvalue weighted by Crippen LogP contribution is 2.36. The Kier molecular flexibility index (Phi) is 8.61. The predicted molar refractivity (Wildman–Crippen MR) is 111 cm³/mol. The minimum Gasteiger partial charge on any atom is -0.493 e. The Hall–Kier alpha value is -2.93. The number of likely N-dealkylation sites (N-methyl/N-ethyl adjacent to an activating group) is 1. The molecule has 0 aliphatic rings. The van der Waals surface area contributed by atoms with Crippen LogP contribution in [0.5, 0.6) is 11.5 Å². The molecule has 156 valence electrons. The summed E-state index contributed by atoms with van der Waals surface area (Å²) >= 11 is 6.28. The highest BCUT2D eigenvalue weighted by atomic mass is 35.5. The van der Waals surface area contributed by atoms with E-state index in [0.717, 1.165) is 6.42 Å². The van der Waals surface area contributed by atoms with Gasteiger partial charge in [0.2, 0.25) is 11.8 Å². The van der Waals surface area contributed by atoms with Crippen molar-refractivity contribution in [2.24, 2.45) is 0 Å². The SMILES string of the molecule is CCCOc1c(Cl)cc(C=CC(=O)N(C)CC(=O)NCc2ccco2)cc1OC. The maximum atomic E-state index is 12.3. The van der Waals surface area contributed by atoms with Gasteiger partial charge < -0.3 is 24.1 Å². The van der Waals surface area contributed by atoms with E-state index in [1.54, 1.807) is 37.4 Å². The number of amides is 2. The molecule has 2 aromatic rings. The van der Waals surface area contributed by atoms with Gasteiger partial charge in [0.1, 0.15) is 5.76 Å². The standard InChI is InChI=1S/C21H25ClN2O5/c1-4-9-29-21-17(22)11-15(12-18(21)27-3)7-8-20(26)24(2)14-19(25)23-13-16-6-5-10-28-16/h5-8,10-12H,4,9,13-14H2,1-3H3,(H,23,25). The first-order valence-corrected chi connectivity index (χ1v) is 9.55. The van der Waals surface area contributed by atoms with Crippen molar-refractivity contribution in [3.05, 3.63) is 53.0 Å². The third-order valence-electron chi connectivity index (χ3n) is 3.92. The molecular weight excluding hydrogens is 396 g/mol. The molecule has 8 heteroatoms. The van der Waals surface area contributed by atoms with Crippen molar-refractivity contribution in [1.82, 2.24) is 10.2 Å². The predicted octanol–water partition coefficient (Wildman–Crippen LogP) is 3.52. The molecule has 0 atom stereocenters. The molecule has 2 rings (SSSR count). The molecule has 1 N–H and O–H groups in total. The van der Waals surface area contributed by atoms with E-state index >= 15 is 0 Å². The number of hydrogen-bond acceptors (Lipinski definition) is 5. The van der Waals surface area contributed by atoms with Crippen LogP contribution in [0.3, 0.4) is 0 Å². The number of methoxy groups -OCH3 is 1. The Morgan fingerprint density at radius 2 is 2.14 bits per heavy atom. The van der Waals surface area contributed by atoms with Crippen LogP contribution < -0.4 is 14.8 Å². The Balaban J connectivity index is 1.94. The van der Waals surface area contributed by atoms with Crippen LogP contribution in [0.25, 0.3) is 6.08 Å². The number of halogens is 1. The molecule has 0 saturated carbocycles. The first-order valence-electron chi connectivity index (χ1n) is 9.17. The summed E-state index contributed by atoms with van der Waals surface area (Å²) in [6.07, 6.45) is 5.36. The second-order valence-corrected chi connectivity index (χ2v) is 6.67. The van der Waals surface area contributed by atoms with E-state index in [0.29, 0.717) is 34.5 Å². The van der Waals surface area contributed by atoms with Crippen LogP contribution in [0.4, 0.5) is 0 Å². The molecule has 0 aliphatic carbocycles. The van der Waals surface area contributed by atoms with Crippen molar-refractivity contribution in [2.75, 3.05) is 27.3 Å². The Morgan fingerprint density at radius 1 is 1.34 bits per heavy atom. The largest absolute Gasteiger partial charge is 0.493 e. The molecule has 1 aromatic heterocycles. The van der Waals surface area contributed by atoms with E-state index in [4.69, 9.17) is 25.5 Å². The van der Waals surface area contributed by atoms with Gasteiger partial charge in [0.25, 0.3) is 0 Å². The average Bonchev–Trinajstić information content (AvgIpc) is 3.22. The zero-order chi connectivity index (χ0) is 21.2. The van der Waals surface area contributed by atoms with Crippen LogP contribution in [0, 0.1) is 0 Å². The first-order chi connectivity index (χ1) is 13.9. The Labute approximate surface area is 175 Å². The summed E-state index contributed by atoms with van der Waals surface area (Å²) in [5, 5.41) is 3.09. The lowest BCUT2D eigenvalue weighted by Gasteiger charge is -2.15. The number of carbonyl (C=O) groups excluding carboxylic acids is 2. The maximum absolute atomic E-state index is 12.3. The van der Waals surface area contributed by atoms with Crippen LogP contribution >= 0.6 is 11.6 Å².